The van der Waals surface area contributed by atoms with Gasteiger partial charge in [0.25, 0.3) is 5.91 Å². The predicted octanol–water partition coefficient (Wildman–Crippen LogP) is 1.60. The van der Waals surface area contributed by atoms with Gasteiger partial charge >= 0.3 is 0 Å². The number of ether oxygens (including phenoxy) is 3. The highest BCUT2D eigenvalue weighted by Gasteiger charge is 2.44. The molecule has 0 unspecified atom stereocenters. The van der Waals surface area contributed by atoms with Crippen LogP contribution in [0, 0.1) is 5.92 Å². The van der Waals surface area contributed by atoms with Gasteiger partial charge in [-0.2, -0.15) is 0 Å². The van der Waals surface area contributed by atoms with Crippen LogP contribution >= 0.6 is 0 Å². The number of piperidine rings is 1. The third kappa shape index (κ3) is 3.41. The van der Waals surface area contributed by atoms with Crippen LogP contribution in [-0.2, 0) is 19.0 Å². The number of nitrogens with zero attached hydrogens (tertiary/aromatic N) is 1. The number of carbonyl (C=O) groups excluding carboxylic acids is 1. The lowest BCUT2D eigenvalue weighted by Crippen LogP contribution is -2.49. The number of carbonyl (C=O) groups is 1. The monoisotopic (exact) mass is 297 g/mol. The maximum Gasteiger partial charge on any atom is 0.251 e. The molecule has 2 atom stereocenters. The Labute approximate surface area is 126 Å². The summed E-state index contributed by atoms with van der Waals surface area (Å²) in [4.78, 5) is 14.3. The molecule has 0 bridgehead atoms. The van der Waals surface area contributed by atoms with E-state index in [0.29, 0.717) is 5.92 Å². The van der Waals surface area contributed by atoms with E-state index in [1.807, 2.05) is 4.90 Å². The average molecular weight is 297 g/mol. The number of hydrogen-bond acceptors (Lipinski definition) is 4. The fourth-order valence-electron chi connectivity index (χ4n) is 3.87. The molecule has 0 aromatic rings. The molecule has 1 amide bonds. The van der Waals surface area contributed by atoms with Crippen molar-refractivity contribution in [3.05, 3.63) is 0 Å². The molecular formula is C16H27NO4. The van der Waals surface area contributed by atoms with Crippen molar-refractivity contribution in [3.63, 3.8) is 0 Å². The summed E-state index contributed by atoms with van der Waals surface area (Å²) in [5.74, 6) is 0.807. The number of hydrogen-bond donors (Lipinski definition) is 0. The molecule has 21 heavy (non-hydrogen) atoms. The van der Waals surface area contributed by atoms with Gasteiger partial charge in [-0.1, -0.05) is 0 Å². The summed E-state index contributed by atoms with van der Waals surface area (Å²) < 4.78 is 16.8. The smallest absolute Gasteiger partial charge is 0.251 e. The van der Waals surface area contributed by atoms with Crippen molar-refractivity contribution in [3.8, 4) is 0 Å². The van der Waals surface area contributed by atoms with Crippen LogP contribution < -0.4 is 0 Å². The third-order valence-electron chi connectivity index (χ3n) is 5.21. The number of amides is 1. The molecule has 1 spiro atoms. The Morgan fingerprint density at radius 1 is 1.38 bits per heavy atom. The van der Waals surface area contributed by atoms with Crippen molar-refractivity contribution in [1.82, 2.24) is 4.90 Å². The molecule has 120 valence electrons. The van der Waals surface area contributed by atoms with Crippen molar-refractivity contribution >= 4 is 5.91 Å². The number of rotatable bonds is 4. The average Bonchev–Trinajstić information content (AvgIpc) is 3.16. The molecule has 3 saturated heterocycles. The lowest BCUT2D eigenvalue weighted by Gasteiger charge is -2.39. The molecule has 5 nitrogen and oxygen atoms in total. The largest absolute Gasteiger partial charge is 0.385 e. The Balaban J connectivity index is 1.47. The van der Waals surface area contributed by atoms with Gasteiger partial charge in [0.15, 0.2) is 0 Å². The molecule has 3 heterocycles. The highest BCUT2D eigenvalue weighted by molar-refractivity contribution is 5.81. The summed E-state index contributed by atoms with van der Waals surface area (Å²) in [6.07, 6.45) is 5.85. The third-order valence-corrected chi connectivity index (χ3v) is 5.21. The van der Waals surface area contributed by atoms with Crippen molar-refractivity contribution in [2.24, 2.45) is 5.92 Å². The van der Waals surface area contributed by atoms with Crippen molar-refractivity contribution in [2.45, 2.75) is 50.2 Å². The van der Waals surface area contributed by atoms with Gasteiger partial charge in [-0.05, 0) is 44.4 Å². The molecule has 3 aliphatic heterocycles. The Hall–Kier alpha value is -0.650. The van der Waals surface area contributed by atoms with E-state index in [-0.39, 0.29) is 17.6 Å². The molecular weight excluding hydrogens is 270 g/mol. The van der Waals surface area contributed by atoms with E-state index >= 15 is 0 Å². The summed E-state index contributed by atoms with van der Waals surface area (Å²) in [5.41, 5.74) is 0.0196. The normalized spacial score (nSPS) is 32.0. The van der Waals surface area contributed by atoms with Crippen LogP contribution in [0.25, 0.3) is 0 Å². The lowest BCUT2D eigenvalue weighted by molar-refractivity contribution is -0.145. The highest BCUT2D eigenvalue weighted by Crippen LogP contribution is 2.40. The first-order valence-corrected chi connectivity index (χ1v) is 8.26. The van der Waals surface area contributed by atoms with Crippen LogP contribution in [0.3, 0.4) is 0 Å². The molecule has 3 rings (SSSR count). The van der Waals surface area contributed by atoms with E-state index in [1.165, 1.54) is 0 Å². The SMILES string of the molecule is COCC[C@H]1COC2(CCN(C(=O)[C@@H]3CCCO3)CC2)C1. The van der Waals surface area contributed by atoms with E-state index in [4.69, 9.17) is 14.2 Å². The molecule has 0 aliphatic carbocycles. The second-order valence-electron chi connectivity index (χ2n) is 6.67. The van der Waals surface area contributed by atoms with Gasteiger partial charge in [-0.3, -0.25) is 4.79 Å². The second kappa shape index (κ2) is 6.63. The highest BCUT2D eigenvalue weighted by atomic mass is 16.5. The van der Waals surface area contributed by atoms with Gasteiger partial charge in [0.2, 0.25) is 0 Å². The fourth-order valence-corrected chi connectivity index (χ4v) is 3.87. The second-order valence-corrected chi connectivity index (χ2v) is 6.67. The Bertz CT molecular complexity index is 359. The van der Waals surface area contributed by atoms with Gasteiger partial charge in [0.1, 0.15) is 6.10 Å². The van der Waals surface area contributed by atoms with E-state index in [9.17, 15) is 4.79 Å². The van der Waals surface area contributed by atoms with E-state index in [0.717, 1.165) is 71.4 Å². The van der Waals surface area contributed by atoms with Crippen LogP contribution in [0.2, 0.25) is 0 Å². The molecule has 3 fully saturated rings. The first kappa shape index (κ1) is 15.3. The van der Waals surface area contributed by atoms with Crippen molar-refractivity contribution < 1.29 is 19.0 Å². The fraction of sp³-hybridized carbons (Fsp3) is 0.938. The molecule has 0 saturated carbocycles. The summed E-state index contributed by atoms with van der Waals surface area (Å²) in [5, 5.41) is 0. The van der Waals surface area contributed by atoms with E-state index in [2.05, 4.69) is 0 Å². The standard InChI is InChI=1S/C16H27NO4/c1-19-10-4-13-11-16(21-12-13)5-7-17(8-6-16)15(18)14-3-2-9-20-14/h13-14H,2-12H2,1H3/t13-,14+/m1/s1. The van der Waals surface area contributed by atoms with E-state index < -0.39 is 0 Å². The molecule has 0 N–H and O–H groups in total. The minimum absolute atomic E-state index is 0.0196. The van der Waals surface area contributed by atoms with Gasteiger partial charge in [-0.25, -0.2) is 0 Å². The van der Waals surface area contributed by atoms with Crippen LogP contribution in [-0.4, -0.2) is 62.5 Å². The summed E-state index contributed by atoms with van der Waals surface area (Å²) in [7, 11) is 1.75. The van der Waals surface area contributed by atoms with Crippen molar-refractivity contribution in [2.75, 3.05) is 40.0 Å². The lowest BCUT2D eigenvalue weighted by atomic mass is 9.84. The van der Waals surface area contributed by atoms with Gasteiger partial charge in [-0.15, -0.1) is 0 Å². The molecule has 0 aromatic heterocycles. The number of likely N-dealkylation sites (tertiary alicyclic amines) is 1. The van der Waals surface area contributed by atoms with Crippen molar-refractivity contribution in [1.29, 1.82) is 0 Å². The summed E-state index contributed by atoms with van der Waals surface area (Å²) >= 11 is 0. The van der Waals surface area contributed by atoms with Crippen LogP contribution in [0.5, 0.6) is 0 Å². The summed E-state index contributed by atoms with van der Waals surface area (Å²) in [6.45, 7) is 4.03. The van der Waals surface area contributed by atoms with Gasteiger partial charge in [0, 0.05) is 33.4 Å². The zero-order chi connectivity index (χ0) is 14.7. The number of methoxy groups -OCH3 is 1. The van der Waals surface area contributed by atoms with Crippen LogP contribution in [0.15, 0.2) is 0 Å². The molecule has 0 radical (unpaired) electrons. The van der Waals surface area contributed by atoms with Gasteiger partial charge in [0.05, 0.1) is 12.2 Å². The zero-order valence-corrected chi connectivity index (χ0v) is 13.0. The maximum absolute atomic E-state index is 12.4. The Morgan fingerprint density at radius 3 is 2.86 bits per heavy atom. The topological polar surface area (TPSA) is 48.0 Å². The van der Waals surface area contributed by atoms with Gasteiger partial charge < -0.3 is 19.1 Å². The first-order valence-electron chi connectivity index (χ1n) is 8.26. The van der Waals surface area contributed by atoms with Crippen LogP contribution in [0.4, 0.5) is 0 Å². The molecule has 0 aromatic carbocycles. The van der Waals surface area contributed by atoms with E-state index in [1.54, 1.807) is 7.11 Å². The van der Waals surface area contributed by atoms with Crippen LogP contribution in [0.1, 0.15) is 38.5 Å². The predicted molar refractivity (Wildman–Crippen MR) is 78.1 cm³/mol. The molecule has 3 aliphatic rings. The molecule has 5 heteroatoms. The zero-order valence-electron chi connectivity index (χ0n) is 13.0. The first-order chi connectivity index (χ1) is 10.2. The Morgan fingerprint density at radius 2 is 2.19 bits per heavy atom. The minimum Gasteiger partial charge on any atom is -0.385 e. The summed E-state index contributed by atoms with van der Waals surface area (Å²) in [6, 6.07) is 0. The maximum atomic E-state index is 12.4. The minimum atomic E-state index is -0.182. The quantitative estimate of drug-likeness (QED) is 0.791. The Kier molecular flexibility index (Phi) is 4.82.